The van der Waals surface area contributed by atoms with E-state index in [1.165, 1.54) is 18.3 Å². The second-order valence-corrected chi connectivity index (χ2v) is 7.31. The molecule has 9 heteroatoms. The Bertz CT molecular complexity index is 1300. The molecule has 2 aromatic heterocycles. The van der Waals surface area contributed by atoms with E-state index in [0.717, 1.165) is 29.8 Å². The first kappa shape index (κ1) is 19.1. The number of carboxylic acids is 1. The van der Waals surface area contributed by atoms with Crippen LogP contribution >= 0.6 is 0 Å². The molecule has 5 rings (SSSR count). The van der Waals surface area contributed by atoms with Crippen LogP contribution in [0, 0.1) is 5.82 Å². The van der Waals surface area contributed by atoms with Crippen molar-refractivity contribution in [3.8, 4) is 5.95 Å². The number of rotatable bonds is 5. The summed E-state index contributed by atoms with van der Waals surface area (Å²) in [5.74, 6) is -0.283. The lowest BCUT2D eigenvalue weighted by Gasteiger charge is -2.20. The third-order valence-electron chi connectivity index (χ3n) is 5.31. The fraction of sp³-hybridized carbons (Fsp3) is 0.182. The van der Waals surface area contributed by atoms with Crippen LogP contribution in [0.25, 0.3) is 16.9 Å². The van der Waals surface area contributed by atoms with Crippen LogP contribution in [0.4, 0.5) is 10.2 Å². The van der Waals surface area contributed by atoms with Gasteiger partial charge in [-0.05, 0) is 42.8 Å². The average Bonchev–Trinajstić information content (AvgIpc) is 3.21. The largest absolute Gasteiger partial charge is 0.478 e. The Morgan fingerprint density at radius 3 is 2.94 bits per heavy atom. The van der Waals surface area contributed by atoms with E-state index in [0.29, 0.717) is 35.8 Å². The van der Waals surface area contributed by atoms with Crippen LogP contribution in [0.5, 0.6) is 0 Å². The Morgan fingerprint density at radius 1 is 1.23 bits per heavy atom. The third kappa shape index (κ3) is 3.59. The molecule has 0 atom stereocenters. The summed E-state index contributed by atoms with van der Waals surface area (Å²) in [4.78, 5) is 20.9. The quantitative estimate of drug-likeness (QED) is 0.458. The van der Waals surface area contributed by atoms with Gasteiger partial charge in [-0.15, -0.1) is 0 Å². The highest BCUT2D eigenvalue weighted by Gasteiger charge is 2.20. The molecule has 8 nitrogen and oxygen atoms in total. The number of fused-ring (bicyclic) bond motifs is 2. The van der Waals surface area contributed by atoms with E-state index < -0.39 is 5.97 Å². The van der Waals surface area contributed by atoms with Crippen molar-refractivity contribution in [3.63, 3.8) is 0 Å². The molecule has 1 aliphatic rings. The molecule has 0 fully saturated rings. The minimum absolute atomic E-state index is 0.174. The lowest BCUT2D eigenvalue weighted by molar-refractivity contribution is 0.0699. The molecule has 0 radical (unpaired) electrons. The van der Waals surface area contributed by atoms with Gasteiger partial charge in [0.2, 0.25) is 0 Å². The molecule has 0 aliphatic carbocycles. The average molecular weight is 418 g/mol. The number of nitrogens with zero attached hydrogens (tertiary/aromatic N) is 4. The summed E-state index contributed by atoms with van der Waals surface area (Å²) in [6, 6.07) is 11.4. The van der Waals surface area contributed by atoms with Crippen LogP contribution < -0.4 is 10.6 Å². The predicted molar refractivity (Wildman–Crippen MR) is 113 cm³/mol. The number of aromatic carboxylic acids is 1. The Morgan fingerprint density at radius 2 is 2.10 bits per heavy atom. The van der Waals surface area contributed by atoms with Crippen molar-refractivity contribution < 1.29 is 14.3 Å². The van der Waals surface area contributed by atoms with Crippen molar-refractivity contribution in [2.24, 2.45) is 0 Å². The molecular weight excluding hydrogens is 399 g/mol. The van der Waals surface area contributed by atoms with E-state index in [1.807, 2.05) is 6.07 Å². The molecule has 1 aliphatic heterocycles. The highest BCUT2D eigenvalue weighted by Crippen LogP contribution is 2.25. The van der Waals surface area contributed by atoms with Crippen molar-refractivity contribution in [1.29, 1.82) is 0 Å². The van der Waals surface area contributed by atoms with Crippen LogP contribution in [0.2, 0.25) is 0 Å². The van der Waals surface area contributed by atoms with E-state index in [1.54, 1.807) is 28.9 Å². The molecule has 3 heterocycles. The Labute approximate surface area is 176 Å². The SMILES string of the molecule is O=C(O)c1cccc2c1cnn2-c1nc2c(c(NCc3cccc(F)c3)n1)CCNC2. The summed E-state index contributed by atoms with van der Waals surface area (Å²) in [6.07, 6.45) is 2.28. The van der Waals surface area contributed by atoms with Crippen molar-refractivity contribution >= 4 is 22.7 Å². The van der Waals surface area contributed by atoms with E-state index in [9.17, 15) is 14.3 Å². The van der Waals surface area contributed by atoms with Gasteiger partial charge in [0.25, 0.3) is 5.95 Å². The Hall–Kier alpha value is -3.85. The molecule has 31 heavy (non-hydrogen) atoms. The number of carbonyl (C=O) groups is 1. The second kappa shape index (κ2) is 7.77. The number of halogens is 1. The number of nitrogens with one attached hydrogen (secondary N) is 2. The monoisotopic (exact) mass is 418 g/mol. The Balaban J connectivity index is 1.57. The maximum Gasteiger partial charge on any atom is 0.336 e. The van der Waals surface area contributed by atoms with E-state index >= 15 is 0 Å². The molecule has 156 valence electrons. The molecule has 0 saturated carbocycles. The molecule has 0 amide bonds. The summed E-state index contributed by atoms with van der Waals surface area (Å²) in [7, 11) is 0. The van der Waals surface area contributed by atoms with Gasteiger partial charge >= 0.3 is 5.97 Å². The van der Waals surface area contributed by atoms with Gasteiger partial charge in [0.15, 0.2) is 0 Å². The number of hydrogen-bond acceptors (Lipinski definition) is 6. The van der Waals surface area contributed by atoms with Gasteiger partial charge in [0, 0.05) is 24.0 Å². The molecule has 0 spiro atoms. The fourth-order valence-corrected chi connectivity index (χ4v) is 3.82. The predicted octanol–water partition coefficient (Wildman–Crippen LogP) is 2.91. The van der Waals surface area contributed by atoms with E-state index in [4.69, 9.17) is 4.98 Å². The molecule has 2 aromatic carbocycles. The number of hydrogen-bond donors (Lipinski definition) is 3. The van der Waals surface area contributed by atoms with Gasteiger partial charge < -0.3 is 15.7 Å². The summed E-state index contributed by atoms with van der Waals surface area (Å²) < 4.78 is 15.1. The smallest absolute Gasteiger partial charge is 0.336 e. The summed E-state index contributed by atoms with van der Waals surface area (Å²) in [5, 5.41) is 20.9. The maximum absolute atomic E-state index is 13.5. The minimum atomic E-state index is -1.02. The van der Waals surface area contributed by atoms with Gasteiger partial charge in [-0.3, -0.25) is 0 Å². The van der Waals surface area contributed by atoms with Gasteiger partial charge in [0.05, 0.1) is 23.0 Å². The first-order valence-electron chi connectivity index (χ1n) is 9.89. The van der Waals surface area contributed by atoms with Crippen LogP contribution in [0.1, 0.15) is 27.2 Å². The van der Waals surface area contributed by atoms with Crippen molar-refractivity contribution in [3.05, 3.63) is 76.9 Å². The van der Waals surface area contributed by atoms with Crippen molar-refractivity contribution in [2.45, 2.75) is 19.5 Å². The third-order valence-corrected chi connectivity index (χ3v) is 5.31. The lowest BCUT2D eigenvalue weighted by Crippen LogP contribution is -2.27. The number of carboxylic acid groups (broad SMARTS) is 1. The summed E-state index contributed by atoms with van der Waals surface area (Å²) >= 11 is 0. The first-order valence-corrected chi connectivity index (χ1v) is 9.89. The summed E-state index contributed by atoms with van der Waals surface area (Å²) in [5.41, 5.74) is 3.46. The molecular formula is C22H19FN6O2. The van der Waals surface area contributed by atoms with Crippen molar-refractivity contribution in [1.82, 2.24) is 25.1 Å². The van der Waals surface area contributed by atoms with Gasteiger partial charge in [0.1, 0.15) is 11.6 Å². The standard InChI is InChI=1S/C22H19FN6O2/c23-14-4-1-3-13(9-14)10-25-20-16-7-8-24-12-18(16)27-22(28-20)29-19-6-2-5-15(21(30)31)17(19)11-26-29/h1-6,9,11,24H,7-8,10,12H2,(H,30,31)(H,25,27,28). The van der Waals surface area contributed by atoms with Crippen molar-refractivity contribution in [2.75, 3.05) is 11.9 Å². The van der Waals surface area contributed by atoms with E-state index in [-0.39, 0.29) is 11.4 Å². The zero-order valence-corrected chi connectivity index (χ0v) is 16.5. The molecule has 4 aromatic rings. The number of benzene rings is 2. The summed E-state index contributed by atoms with van der Waals surface area (Å²) in [6.45, 7) is 1.83. The van der Waals surface area contributed by atoms with Crippen LogP contribution in [-0.4, -0.2) is 37.4 Å². The van der Waals surface area contributed by atoms with Gasteiger partial charge in [-0.1, -0.05) is 18.2 Å². The number of anilines is 1. The zero-order valence-electron chi connectivity index (χ0n) is 16.5. The highest BCUT2D eigenvalue weighted by molar-refractivity contribution is 6.02. The van der Waals surface area contributed by atoms with Gasteiger partial charge in [-0.2, -0.15) is 14.8 Å². The Kier molecular flexibility index (Phi) is 4.79. The van der Waals surface area contributed by atoms with E-state index in [2.05, 4.69) is 20.7 Å². The highest BCUT2D eigenvalue weighted by atomic mass is 19.1. The fourth-order valence-electron chi connectivity index (χ4n) is 3.82. The molecule has 0 unspecified atom stereocenters. The normalized spacial score (nSPS) is 13.2. The van der Waals surface area contributed by atoms with Crippen LogP contribution in [-0.2, 0) is 19.5 Å². The molecule has 3 N–H and O–H groups in total. The molecule has 0 saturated heterocycles. The minimum Gasteiger partial charge on any atom is -0.478 e. The second-order valence-electron chi connectivity index (χ2n) is 7.31. The van der Waals surface area contributed by atoms with Crippen LogP contribution in [0.15, 0.2) is 48.7 Å². The van der Waals surface area contributed by atoms with Gasteiger partial charge in [-0.25, -0.2) is 14.2 Å². The topological polar surface area (TPSA) is 105 Å². The number of aromatic nitrogens is 4. The van der Waals surface area contributed by atoms with Crippen LogP contribution in [0.3, 0.4) is 0 Å². The molecule has 0 bridgehead atoms. The zero-order chi connectivity index (χ0) is 21.4. The first-order chi connectivity index (χ1) is 15.1. The maximum atomic E-state index is 13.5. The lowest BCUT2D eigenvalue weighted by atomic mass is 10.1.